The highest BCUT2D eigenvalue weighted by atomic mass is 35.5. The number of nitrogens with two attached hydrogens (primary N) is 1. The largest absolute Gasteiger partial charge is 0.326 e. The fraction of sp³-hybridized carbons (Fsp3) is 0.0769. The van der Waals surface area contributed by atoms with Crippen LogP contribution >= 0.6 is 46.4 Å². The summed E-state index contributed by atoms with van der Waals surface area (Å²) in [6.07, 6.45) is 0. The lowest BCUT2D eigenvalue weighted by Gasteiger charge is -2.08. The number of halogens is 4. The second-order valence-electron chi connectivity index (χ2n) is 3.76. The molecule has 2 aromatic carbocycles. The minimum absolute atomic E-state index is 0.357. The Bertz CT molecular complexity index is 573. The Morgan fingerprint density at radius 1 is 0.778 bits per heavy atom. The molecule has 0 bridgehead atoms. The van der Waals surface area contributed by atoms with Crippen LogP contribution in [-0.2, 0) is 6.54 Å². The molecule has 0 heterocycles. The summed E-state index contributed by atoms with van der Waals surface area (Å²) in [6, 6.07) is 9.13. The van der Waals surface area contributed by atoms with Crippen LogP contribution in [0, 0.1) is 0 Å². The van der Waals surface area contributed by atoms with Crippen molar-refractivity contribution in [1.82, 2.24) is 0 Å². The van der Waals surface area contributed by atoms with Crippen molar-refractivity contribution in [3.05, 3.63) is 56.0 Å². The fourth-order valence-corrected chi connectivity index (χ4v) is 2.42. The standard InChI is InChI=1S/C13H9Cl4N/c14-10-2-1-7(3-9(10)6-18)8-4-11(15)13(17)12(16)5-8/h1-5H,6,18H2. The van der Waals surface area contributed by atoms with Gasteiger partial charge in [0.2, 0.25) is 0 Å². The van der Waals surface area contributed by atoms with E-state index in [1.54, 1.807) is 18.2 Å². The van der Waals surface area contributed by atoms with Gasteiger partial charge in [0.05, 0.1) is 15.1 Å². The van der Waals surface area contributed by atoms with Crippen LogP contribution in [0.3, 0.4) is 0 Å². The quantitative estimate of drug-likeness (QED) is 0.734. The second-order valence-corrected chi connectivity index (χ2v) is 5.36. The first kappa shape index (κ1) is 14.0. The van der Waals surface area contributed by atoms with Crippen LogP contribution in [0.1, 0.15) is 5.56 Å². The van der Waals surface area contributed by atoms with Crippen molar-refractivity contribution in [3.63, 3.8) is 0 Å². The molecule has 0 aliphatic rings. The van der Waals surface area contributed by atoms with Gasteiger partial charge in [-0.2, -0.15) is 0 Å². The first-order valence-corrected chi connectivity index (χ1v) is 6.67. The van der Waals surface area contributed by atoms with Gasteiger partial charge in [0.15, 0.2) is 0 Å². The summed E-state index contributed by atoms with van der Waals surface area (Å²) in [5.74, 6) is 0. The smallest absolute Gasteiger partial charge is 0.0778 e. The fourth-order valence-electron chi connectivity index (χ4n) is 1.63. The molecular formula is C13H9Cl4N. The molecule has 94 valence electrons. The molecule has 0 aromatic heterocycles. The second kappa shape index (κ2) is 5.68. The topological polar surface area (TPSA) is 26.0 Å². The van der Waals surface area contributed by atoms with E-state index in [0.717, 1.165) is 16.7 Å². The van der Waals surface area contributed by atoms with Crippen molar-refractivity contribution in [3.8, 4) is 11.1 Å². The van der Waals surface area contributed by atoms with Gasteiger partial charge in [0.25, 0.3) is 0 Å². The first-order valence-electron chi connectivity index (χ1n) is 5.16. The van der Waals surface area contributed by atoms with Crippen molar-refractivity contribution in [2.45, 2.75) is 6.54 Å². The van der Waals surface area contributed by atoms with Crippen molar-refractivity contribution < 1.29 is 0 Å². The summed E-state index contributed by atoms with van der Waals surface area (Å²) in [4.78, 5) is 0. The van der Waals surface area contributed by atoms with Gasteiger partial charge in [-0.25, -0.2) is 0 Å². The van der Waals surface area contributed by atoms with Crippen molar-refractivity contribution >= 4 is 46.4 Å². The Kier molecular flexibility index (Phi) is 4.41. The van der Waals surface area contributed by atoms with E-state index in [1.165, 1.54) is 0 Å². The van der Waals surface area contributed by atoms with Crippen LogP contribution in [-0.4, -0.2) is 0 Å². The minimum Gasteiger partial charge on any atom is -0.326 e. The molecule has 2 aromatic rings. The van der Waals surface area contributed by atoms with E-state index in [4.69, 9.17) is 52.1 Å². The highest BCUT2D eigenvalue weighted by Gasteiger charge is 2.08. The van der Waals surface area contributed by atoms with Gasteiger partial charge in [-0.05, 0) is 41.0 Å². The highest BCUT2D eigenvalue weighted by molar-refractivity contribution is 6.48. The molecule has 18 heavy (non-hydrogen) atoms. The zero-order chi connectivity index (χ0) is 13.3. The molecule has 0 aliphatic heterocycles. The van der Waals surface area contributed by atoms with Crippen LogP contribution in [0.5, 0.6) is 0 Å². The van der Waals surface area contributed by atoms with Crippen molar-refractivity contribution in [2.24, 2.45) is 5.73 Å². The van der Waals surface area contributed by atoms with E-state index in [2.05, 4.69) is 0 Å². The Morgan fingerprint density at radius 2 is 1.39 bits per heavy atom. The third kappa shape index (κ3) is 2.76. The predicted octanol–water partition coefficient (Wildman–Crippen LogP) is 5.43. The maximum absolute atomic E-state index is 6.02. The SMILES string of the molecule is NCc1cc(-c2cc(Cl)c(Cl)c(Cl)c2)ccc1Cl. The molecule has 5 heteroatoms. The first-order chi connectivity index (χ1) is 8.52. The summed E-state index contributed by atoms with van der Waals surface area (Å²) in [5.41, 5.74) is 8.32. The van der Waals surface area contributed by atoms with Crippen LogP contribution in [0.4, 0.5) is 0 Å². The van der Waals surface area contributed by atoms with Gasteiger partial charge in [-0.3, -0.25) is 0 Å². The van der Waals surface area contributed by atoms with Gasteiger partial charge in [0, 0.05) is 11.6 Å². The van der Waals surface area contributed by atoms with Crippen molar-refractivity contribution in [2.75, 3.05) is 0 Å². The Morgan fingerprint density at radius 3 is 1.94 bits per heavy atom. The van der Waals surface area contributed by atoms with Crippen LogP contribution in [0.2, 0.25) is 20.1 Å². The number of hydrogen-bond donors (Lipinski definition) is 1. The summed E-state index contributed by atoms with van der Waals surface area (Å²) in [5, 5.41) is 1.84. The van der Waals surface area contributed by atoms with Crippen molar-refractivity contribution in [1.29, 1.82) is 0 Å². The molecule has 0 fully saturated rings. The molecule has 0 amide bonds. The van der Waals surface area contributed by atoms with Gasteiger partial charge >= 0.3 is 0 Å². The molecule has 1 nitrogen and oxygen atoms in total. The third-order valence-corrected chi connectivity index (χ3v) is 4.15. The van der Waals surface area contributed by atoms with Crippen LogP contribution in [0.15, 0.2) is 30.3 Å². The van der Waals surface area contributed by atoms with Gasteiger partial charge < -0.3 is 5.73 Å². The highest BCUT2D eigenvalue weighted by Crippen LogP contribution is 2.35. The maximum atomic E-state index is 6.02. The van der Waals surface area contributed by atoms with E-state index in [-0.39, 0.29) is 0 Å². The Balaban J connectivity index is 2.55. The molecule has 0 saturated carbocycles. The van der Waals surface area contributed by atoms with Crippen LogP contribution < -0.4 is 5.73 Å². The molecule has 0 aliphatic carbocycles. The number of rotatable bonds is 2. The molecule has 0 unspecified atom stereocenters. The molecule has 2 N–H and O–H groups in total. The van der Waals surface area contributed by atoms with Gasteiger partial charge in [-0.1, -0.05) is 52.5 Å². The zero-order valence-electron chi connectivity index (χ0n) is 9.18. The lowest BCUT2D eigenvalue weighted by molar-refractivity contribution is 1.07. The molecule has 0 spiro atoms. The van der Waals surface area contributed by atoms with E-state index in [9.17, 15) is 0 Å². The average molecular weight is 321 g/mol. The number of benzene rings is 2. The van der Waals surface area contributed by atoms with E-state index in [0.29, 0.717) is 26.6 Å². The monoisotopic (exact) mass is 319 g/mol. The molecule has 0 radical (unpaired) electrons. The predicted molar refractivity (Wildman–Crippen MR) is 79.8 cm³/mol. The lowest BCUT2D eigenvalue weighted by atomic mass is 10.0. The molecule has 2 rings (SSSR count). The van der Waals surface area contributed by atoms with Gasteiger partial charge in [0.1, 0.15) is 0 Å². The van der Waals surface area contributed by atoms with E-state index >= 15 is 0 Å². The normalized spacial score (nSPS) is 10.7. The Labute approximate surface area is 125 Å². The Hall–Kier alpha value is -0.440. The summed E-state index contributed by atoms with van der Waals surface area (Å²) >= 11 is 23.9. The lowest BCUT2D eigenvalue weighted by Crippen LogP contribution is -1.97. The summed E-state index contributed by atoms with van der Waals surface area (Å²) in [7, 11) is 0. The molecule has 0 atom stereocenters. The summed E-state index contributed by atoms with van der Waals surface area (Å²) in [6.45, 7) is 0.377. The van der Waals surface area contributed by atoms with E-state index < -0.39 is 0 Å². The average Bonchev–Trinajstić information content (AvgIpc) is 2.36. The van der Waals surface area contributed by atoms with Crippen LogP contribution in [0.25, 0.3) is 11.1 Å². The zero-order valence-corrected chi connectivity index (χ0v) is 12.2. The van der Waals surface area contributed by atoms with E-state index in [1.807, 2.05) is 12.1 Å². The molecule has 0 saturated heterocycles. The summed E-state index contributed by atoms with van der Waals surface area (Å²) < 4.78 is 0. The maximum Gasteiger partial charge on any atom is 0.0778 e. The molecular weight excluding hydrogens is 312 g/mol. The number of hydrogen-bond acceptors (Lipinski definition) is 1. The van der Waals surface area contributed by atoms with Gasteiger partial charge in [-0.15, -0.1) is 0 Å². The third-order valence-electron chi connectivity index (χ3n) is 2.58. The minimum atomic E-state index is 0.357.